The van der Waals surface area contributed by atoms with Crippen LogP contribution in [0.1, 0.15) is 5.56 Å². The van der Waals surface area contributed by atoms with Gasteiger partial charge in [0.15, 0.2) is 0 Å². The second kappa shape index (κ2) is 6.28. The molecule has 6 heteroatoms. The summed E-state index contributed by atoms with van der Waals surface area (Å²) in [6.07, 6.45) is 1.60. The number of para-hydroxylation sites is 1. The number of rotatable bonds is 4. The summed E-state index contributed by atoms with van der Waals surface area (Å²) in [7, 11) is 0. The zero-order valence-electron chi connectivity index (χ0n) is 10.9. The molecular weight excluding hydrogens is 354 g/mol. The topological polar surface area (TPSA) is 39.9 Å². The van der Waals surface area contributed by atoms with Crippen LogP contribution in [0.4, 0.5) is 0 Å². The molecule has 1 heterocycles. The van der Waals surface area contributed by atoms with Gasteiger partial charge < -0.3 is 4.74 Å². The van der Waals surface area contributed by atoms with Crippen LogP contribution in [-0.2, 0) is 5.33 Å². The van der Waals surface area contributed by atoms with E-state index in [1.165, 1.54) is 0 Å². The Morgan fingerprint density at radius 2 is 1.95 bits per heavy atom. The number of benzene rings is 2. The summed E-state index contributed by atoms with van der Waals surface area (Å²) < 4.78 is 7.27. The maximum atomic E-state index is 6.17. The molecule has 21 heavy (non-hydrogen) atoms. The van der Waals surface area contributed by atoms with Crippen molar-refractivity contribution in [1.29, 1.82) is 0 Å². The molecule has 2 aromatic carbocycles. The first kappa shape index (κ1) is 14.1. The van der Waals surface area contributed by atoms with Crippen molar-refractivity contribution in [2.24, 2.45) is 0 Å². The largest absolute Gasteiger partial charge is 0.422 e. The average Bonchev–Trinajstić information content (AvgIpc) is 2.99. The van der Waals surface area contributed by atoms with Crippen molar-refractivity contribution in [3.05, 3.63) is 65.4 Å². The lowest BCUT2D eigenvalue weighted by Gasteiger charge is -2.05. The van der Waals surface area contributed by atoms with Gasteiger partial charge in [-0.2, -0.15) is 4.98 Å². The fourth-order valence-electron chi connectivity index (χ4n) is 1.81. The Kier molecular flexibility index (Phi) is 4.22. The number of alkyl halides is 1. The van der Waals surface area contributed by atoms with Gasteiger partial charge in [0.1, 0.15) is 12.1 Å². The van der Waals surface area contributed by atoms with Crippen molar-refractivity contribution < 1.29 is 4.74 Å². The van der Waals surface area contributed by atoms with Gasteiger partial charge in [0.05, 0.1) is 10.7 Å². The number of halogens is 2. The molecule has 0 spiro atoms. The highest BCUT2D eigenvalue weighted by Crippen LogP contribution is 2.29. The Labute approximate surface area is 135 Å². The third kappa shape index (κ3) is 3.25. The minimum absolute atomic E-state index is 0.257. The summed E-state index contributed by atoms with van der Waals surface area (Å²) in [5, 5.41) is 5.55. The second-order valence-electron chi connectivity index (χ2n) is 4.31. The Morgan fingerprint density at radius 3 is 2.67 bits per heavy atom. The van der Waals surface area contributed by atoms with Gasteiger partial charge in [-0.25, -0.2) is 4.68 Å². The smallest absolute Gasteiger partial charge is 0.341 e. The maximum absolute atomic E-state index is 6.17. The summed E-state index contributed by atoms with van der Waals surface area (Å²) in [5.41, 5.74) is 2.00. The van der Waals surface area contributed by atoms with Crippen LogP contribution in [0.15, 0.2) is 54.9 Å². The first-order valence-corrected chi connectivity index (χ1v) is 7.75. The van der Waals surface area contributed by atoms with Crippen LogP contribution in [0.5, 0.6) is 11.8 Å². The van der Waals surface area contributed by atoms with E-state index >= 15 is 0 Å². The van der Waals surface area contributed by atoms with Crippen LogP contribution >= 0.6 is 27.5 Å². The molecule has 0 atom stereocenters. The standard InChI is InChI=1S/C15H11BrClN3O/c16-9-11-6-7-14(13(17)8-11)21-15-18-10-20(19-15)12-4-2-1-3-5-12/h1-8,10H,9H2. The fourth-order valence-corrected chi connectivity index (χ4v) is 2.40. The molecule has 0 saturated carbocycles. The van der Waals surface area contributed by atoms with E-state index < -0.39 is 0 Å². The summed E-state index contributed by atoms with van der Waals surface area (Å²) >= 11 is 9.56. The molecular formula is C15H11BrClN3O. The molecule has 0 radical (unpaired) electrons. The molecule has 0 unspecified atom stereocenters. The summed E-state index contributed by atoms with van der Waals surface area (Å²) in [6, 6.07) is 15.6. The Bertz CT molecular complexity index is 746. The van der Waals surface area contributed by atoms with Crippen molar-refractivity contribution in [2.75, 3.05) is 0 Å². The first-order chi connectivity index (χ1) is 10.3. The lowest BCUT2D eigenvalue weighted by Crippen LogP contribution is -1.94. The van der Waals surface area contributed by atoms with Crippen LogP contribution in [0.2, 0.25) is 5.02 Å². The average molecular weight is 365 g/mol. The minimum Gasteiger partial charge on any atom is -0.422 e. The number of ether oxygens (including phenoxy) is 1. The fraction of sp³-hybridized carbons (Fsp3) is 0.0667. The van der Waals surface area contributed by atoms with Gasteiger partial charge in [0.25, 0.3) is 0 Å². The van der Waals surface area contributed by atoms with Crippen molar-refractivity contribution in [3.8, 4) is 17.4 Å². The van der Waals surface area contributed by atoms with Crippen LogP contribution in [-0.4, -0.2) is 14.8 Å². The van der Waals surface area contributed by atoms with E-state index in [0.29, 0.717) is 10.8 Å². The van der Waals surface area contributed by atoms with Crippen LogP contribution < -0.4 is 4.74 Å². The Morgan fingerprint density at radius 1 is 1.14 bits per heavy atom. The first-order valence-electron chi connectivity index (χ1n) is 6.25. The normalized spacial score (nSPS) is 10.6. The van der Waals surface area contributed by atoms with Crippen molar-refractivity contribution in [1.82, 2.24) is 14.8 Å². The van der Waals surface area contributed by atoms with Gasteiger partial charge in [0.2, 0.25) is 0 Å². The van der Waals surface area contributed by atoms with E-state index in [4.69, 9.17) is 16.3 Å². The maximum Gasteiger partial charge on any atom is 0.341 e. The molecule has 106 valence electrons. The van der Waals surface area contributed by atoms with Crippen LogP contribution in [0.25, 0.3) is 5.69 Å². The third-order valence-electron chi connectivity index (χ3n) is 2.84. The Balaban J connectivity index is 1.82. The summed E-state index contributed by atoms with van der Waals surface area (Å²) in [6.45, 7) is 0. The van der Waals surface area contributed by atoms with E-state index in [1.54, 1.807) is 11.0 Å². The molecule has 0 saturated heterocycles. The Hall–Kier alpha value is -1.85. The second-order valence-corrected chi connectivity index (χ2v) is 5.28. The highest BCUT2D eigenvalue weighted by molar-refractivity contribution is 9.08. The predicted octanol–water partition coefficient (Wildman–Crippen LogP) is 4.61. The molecule has 0 aliphatic rings. The van der Waals surface area contributed by atoms with E-state index in [2.05, 4.69) is 26.0 Å². The number of aromatic nitrogens is 3. The van der Waals surface area contributed by atoms with Gasteiger partial charge >= 0.3 is 6.01 Å². The quantitative estimate of drug-likeness (QED) is 0.635. The van der Waals surface area contributed by atoms with Gasteiger partial charge in [-0.05, 0) is 29.8 Å². The van der Waals surface area contributed by atoms with Crippen molar-refractivity contribution in [2.45, 2.75) is 5.33 Å². The number of nitrogens with zero attached hydrogens (tertiary/aromatic N) is 3. The number of hydrogen-bond donors (Lipinski definition) is 0. The van der Waals surface area contributed by atoms with Crippen molar-refractivity contribution >= 4 is 27.5 Å². The highest BCUT2D eigenvalue weighted by atomic mass is 79.9. The van der Waals surface area contributed by atoms with Gasteiger partial charge in [-0.15, -0.1) is 5.10 Å². The molecule has 0 amide bonds. The predicted molar refractivity (Wildman–Crippen MR) is 85.5 cm³/mol. The van der Waals surface area contributed by atoms with Gasteiger partial charge in [0, 0.05) is 5.33 Å². The summed E-state index contributed by atoms with van der Waals surface area (Å²) in [5.74, 6) is 0.534. The molecule has 0 aliphatic carbocycles. The molecule has 1 aromatic heterocycles. The molecule has 0 bridgehead atoms. The highest BCUT2D eigenvalue weighted by Gasteiger charge is 2.08. The van der Waals surface area contributed by atoms with Crippen LogP contribution in [0, 0.1) is 0 Å². The lowest BCUT2D eigenvalue weighted by atomic mass is 10.2. The lowest BCUT2D eigenvalue weighted by molar-refractivity contribution is 0.441. The molecule has 3 rings (SSSR count). The molecule has 4 nitrogen and oxygen atoms in total. The van der Waals surface area contributed by atoms with E-state index in [-0.39, 0.29) is 6.01 Å². The zero-order valence-corrected chi connectivity index (χ0v) is 13.3. The van der Waals surface area contributed by atoms with Crippen LogP contribution in [0.3, 0.4) is 0 Å². The molecule has 0 aliphatic heterocycles. The van der Waals surface area contributed by atoms with E-state index in [0.717, 1.165) is 16.6 Å². The third-order valence-corrected chi connectivity index (χ3v) is 3.79. The number of hydrogen-bond acceptors (Lipinski definition) is 3. The molecule has 0 N–H and O–H groups in total. The van der Waals surface area contributed by atoms with Gasteiger partial charge in [-0.3, -0.25) is 0 Å². The van der Waals surface area contributed by atoms with E-state index in [9.17, 15) is 0 Å². The monoisotopic (exact) mass is 363 g/mol. The molecule has 0 fully saturated rings. The zero-order chi connectivity index (χ0) is 14.7. The van der Waals surface area contributed by atoms with E-state index in [1.807, 2.05) is 48.5 Å². The summed E-state index contributed by atoms with van der Waals surface area (Å²) in [4.78, 5) is 4.13. The van der Waals surface area contributed by atoms with Gasteiger partial charge in [-0.1, -0.05) is 51.8 Å². The van der Waals surface area contributed by atoms with Crippen molar-refractivity contribution in [3.63, 3.8) is 0 Å². The SMILES string of the molecule is Clc1cc(CBr)ccc1Oc1ncn(-c2ccccc2)n1. The molecule has 3 aromatic rings. The minimum atomic E-state index is 0.257.